The first-order valence-corrected chi connectivity index (χ1v) is 14.8. The van der Waals surface area contributed by atoms with Gasteiger partial charge in [0.1, 0.15) is 28.9 Å². The fourth-order valence-electron chi connectivity index (χ4n) is 4.57. The number of benzene rings is 2. The van der Waals surface area contributed by atoms with Gasteiger partial charge in [0.25, 0.3) is 10.0 Å². The minimum Gasteiger partial charge on any atom is -0.487 e. The van der Waals surface area contributed by atoms with Gasteiger partial charge in [-0.3, -0.25) is 4.72 Å². The summed E-state index contributed by atoms with van der Waals surface area (Å²) in [5.41, 5.74) is -0.210. The summed E-state index contributed by atoms with van der Waals surface area (Å²) >= 11 is 1.15. The lowest BCUT2D eigenvalue weighted by Gasteiger charge is -2.38. The van der Waals surface area contributed by atoms with E-state index in [4.69, 9.17) is 9.47 Å². The molecule has 1 aliphatic heterocycles. The van der Waals surface area contributed by atoms with Gasteiger partial charge in [-0.15, -0.1) is 16.4 Å². The van der Waals surface area contributed by atoms with Crippen molar-refractivity contribution in [2.45, 2.75) is 61.8 Å². The van der Waals surface area contributed by atoms with Gasteiger partial charge in [0, 0.05) is 35.5 Å². The summed E-state index contributed by atoms with van der Waals surface area (Å²) in [5.74, 6) is 0.743. The summed E-state index contributed by atoms with van der Waals surface area (Å²) in [7, 11) is -3.94. The fourth-order valence-corrected chi connectivity index (χ4v) is 6.37. The number of hydrogen-bond donors (Lipinski definition) is 1. The van der Waals surface area contributed by atoms with Crippen LogP contribution in [-0.2, 0) is 16.2 Å². The molecule has 1 N–H and O–H groups in total. The Labute approximate surface area is 232 Å². The van der Waals surface area contributed by atoms with Crippen LogP contribution >= 0.6 is 11.3 Å². The highest BCUT2D eigenvalue weighted by Gasteiger charge is 2.38. The number of ether oxygens (including phenoxy) is 2. The van der Waals surface area contributed by atoms with Gasteiger partial charge in [-0.1, -0.05) is 11.3 Å². The predicted octanol–water partition coefficient (Wildman–Crippen LogP) is 6.10. The number of fused-ring (bicyclic) bond motifs is 1. The highest BCUT2D eigenvalue weighted by molar-refractivity contribution is 7.93. The first-order valence-electron chi connectivity index (χ1n) is 12.4. The molecule has 0 bridgehead atoms. The second-order valence-electron chi connectivity index (χ2n) is 10.4. The van der Waals surface area contributed by atoms with Gasteiger partial charge in [-0.25, -0.2) is 18.1 Å². The molecule has 6 rings (SSSR count). The lowest BCUT2D eigenvalue weighted by Crippen LogP contribution is -2.36. The monoisotopic (exact) mass is 591 g/mol. The number of nitrogens with zero attached hydrogens (tertiary/aromatic N) is 4. The van der Waals surface area contributed by atoms with Crippen LogP contribution < -0.4 is 14.2 Å². The molecule has 0 amide bonds. The van der Waals surface area contributed by atoms with E-state index in [1.54, 1.807) is 17.6 Å². The largest absolute Gasteiger partial charge is 0.487 e. The van der Waals surface area contributed by atoms with Crippen LogP contribution in [0.3, 0.4) is 0 Å². The number of rotatable bonds is 7. The summed E-state index contributed by atoms with van der Waals surface area (Å²) in [6.45, 7) is 3.66. The predicted molar refractivity (Wildman–Crippen MR) is 140 cm³/mol. The summed E-state index contributed by atoms with van der Waals surface area (Å²) in [4.78, 5) is 3.94. The average molecular weight is 592 g/mol. The van der Waals surface area contributed by atoms with Crippen LogP contribution in [0, 0.1) is 0 Å². The molecule has 14 heteroatoms. The van der Waals surface area contributed by atoms with E-state index in [9.17, 15) is 21.6 Å². The summed E-state index contributed by atoms with van der Waals surface area (Å²) in [6.07, 6.45) is 0.206. The van der Waals surface area contributed by atoms with Crippen molar-refractivity contribution in [2.75, 3.05) is 4.72 Å². The van der Waals surface area contributed by atoms with Crippen LogP contribution in [0.2, 0.25) is 0 Å². The van der Waals surface area contributed by atoms with E-state index < -0.39 is 33.5 Å². The summed E-state index contributed by atoms with van der Waals surface area (Å²) < 4.78 is 82.9. The first-order chi connectivity index (χ1) is 18.9. The van der Waals surface area contributed by atoms with Crippen LogP contribution in [0.4, 0.5) is 18.3 Å². The van der Waals surface area contributed by atoms with Crippen molar-refractivity contribution < 1.29 is 31.1 Å². The van der Waals surface area contributed by atoms with Gasteiger partial charge in [0.15, 0.2) is 5.13 Å². The molecule has 4 aromatic rings. The van der Waals surface area contributed by atoms with Crippen LogP contribution in [-0.4, -0.2) is 34.0 Å². The normalized spacial score (nSPS) is 18.6. The molecule has 2 aromatic heterocycles. The van der Waals surface area contributed by atoms with Gasteiger partial charge >= 0.3 is 6.18 Å². The van der Waals surface area contributed by atoms with E-state index >= 15 is 0 Å². The smallest absolute Gasteiger partial charge is 0.416 e. The van der Waals surface area contributed by atoms with Crippen molar-refractivity contribution in [3.8, 4) is 17.2 Å². The number of nitrogens with one attached hydrogen (secondary N) is 1. The Morgan fingerprint density at radius 2 is 1.98 bits per heavy atom. The third kappa shape index (κ3) is 5.37. The zero-order valence-electron chi connectivity index (χ0n) is 21.3. The minimum atomic E-state index is -4.56. The number of anilines is 1. The van der Waals surface area contributed by atoms with E-state index in [-0.39, 0.29) is 27.4 Å². The molecule has 2 aliphatic rings. The minimum absolute atomic E-state index is 0.0247. The molecule has 3 heterocycles. The number of aromatic nitrogens is 4. The third-order valence-electron chi connectivity index (χ3n) is 6.67. The maximum absolute atomic E-state index is 13.6. The maximum atomic E-state index is 13.6. The van der Waals surface area contributed by atoms with E-state index in [1.165, 1.54) is 29.1 Å². The SMILES string of the molecule is CC1(C)CC(Oc2ccc(C(F)(F)F)cc2-n2cc(C3CC3)nn2)c2ccc(S(=O)(=O)Nc3nccs3)cc2O1. The number of hydrogen-bond acceptors (Lipinski definition) is 8. The fraction of sp³-hybridized carbons (Fsp3) is 0.346. The topological polar surface area (TPSA) is 108 Å². The van der Waals surface area contributed by atoms with Crippen molar-refractivity contribution in [3.63, 3.8) is 0 Å². The van der Waals surface area contributed by atoms with Crippen molar-refractivity contribution in [1.82, 2.24) is 20.0 Å². The van der Waals surface area contributed by atoms with Gasteiger partial charge in [0.2, 0.25) is 0 Å². The zero-order chi connectivity index (χ0) is 28.3. The average Bonchev–Trinajstić information content (AvgIpc) is 3.38. The Morgan fingerprint density at radius 1 is 1.18 bits per heavy atom. The molecule has 0 spiro atoms. The Hall–Kier alpha value is -3.65. The summed E-state index contributed by atoms with van der Waals surface area (Å²) in [6, 6.07) is 7.66. The molecular weight excluding hydrogens is 567 g/mol. The zero-order valence-corrected chi connectivity index (χ0v) is 23.0. The van der Waals surface area contributed by atoms with Crippen LogP contribution in [0.1, 0.15) is 62.0 Å². The van der Waals surface area contributed by atoms with Gasteiger partial charge in [-0.05, 0) is 51.0 Å². The molecule has 1 atom stereocenters. The molecule has 1 unspecified atom stereocenters. The molecule has 0 radical (unpaired) electrons. The van der Waals surface area contributed by atoms with Crippen molar-refractivity contribution >= 4 is 26.5 Å². The van der Waals surface area contributed by atoms with Gasteiger partial charge < -0.3 is 9.47 Å². The highest BCUT2D eigenvalue weighted by atomic mass is 32.2. The van der Waals surface area contributed by atoms with E-state index in [0.717, 1.165) is 42.0 Å². The lowest BCUT2D eigenvalue weighted by molar-refractivity contribution is -0.137. The number of thiazole rings is 1. The quantitative estimate of drug-likeness (QED) is 0.277. The summed E-state index contributed by atoms with van der Waals surface area (Å²) in [5, 5.41) is 10.1. The second kappa shape index (κ2) is 9.47. The Morgan fingerprint density at radius 3 is 2.67 bits per heavy atom. The molecule has 0 saturated heterocycles. The Kier molecular flexibility index (Phi) is 6.29. The van der Waals surface area contributed by atoms with E-state index in [2.05, 4.69) is 20.0 Å². The molecule has 1 fully saturated rings. The van der Waals surface area contributed by atoms with Crippen LogP contribution in [0.25, 0.3) is 5.69 Å². The molecule has 1 saturated carbocycles. The van der Waals surface area contributed by atoms with Gasteiger partial charge in [0.05, 0.1) is 22.3 Å². The Bertz CT molecular complexity index is 1670. The van der Waals surface area contributed by atoms with Crippen molar-refractivity contribution in [3.05, 3.63) is 71.0 Å². The van der Waals surface area contributed by atoms with Crippen molar-refractivity contribution in [1.29, 1.82) is 0 Å². The molecule has 9 nitrogen and oxygen atoms in total. The van der Waals surface area contributed by atoms with Crippen LogP contribution in [0.15, 0.2) is 59.1 Å². The third-order valence-corrected chi connectivity index (χ3v) is 8.82. The number of sulfonamides is 1. The van der Waals surface area contributed by atoms with Crippen LogP contribution in [0.5, 0.6) is 11.5 Å². The first kappa shape index (κ1) is 26.6. The molecular formula is C26H24F3N5O4S2. The molecule has 2 aromatic carbocycles. The second-order valence-corrected chi connectivity index (χ2v) is 12.9. The number of halogens is 3. The Balaban J connectivity index is 1.36. The standard InChI is InChI=1S/C26H24F3N5O4S2/c1-25(2)13-23(18-7-6-17(12-22(18)38-25)40(35,36)32-24-30-9-10-39-24)37-21-8-5-16(26(27,28)29)11-20(21)34-14-19(31-33-34)15-3-4-15/h5-12,14-15,23H,3-4,13H2,1-2H3,(H,30,32). The van der Waals surface area contributed by atoms with Gasteiger partial charge in [-0.2, -0.15) is 13.2 Å². The molecule has 40 heavy (non-hydrogen) atoms. The van der Waals surface area contributed by atoms with E-state index in [0.29, 0.717) is 17.7 Å². The number of alkyl halides is 3. The lowest BCUT2D eigenvalue weighted by atomic mass is 9.91. The van der Waals surface area contributed by atoms with E-state index in [1.807, 2.05) is 13.8 Å². The molecule has 1 aliphatic carbocycles. The highest BCUT2D eigenvalue weighted by Crippen LogP contribution is 2.45. The molecule has 210 valence electrons. The maximum Gasteiger partial charge on any atom is 0.416 e. The van der Waals surface area contributed by atoms with Crippen molar-refractivity contribution in [2.24, 2.45) is 0 Å².